The van der Waals surface area contributed by atoms with Crippen LogP contribution in [0.2, 0.25) is 5.02 Å². The number of nitrogens with zero attached hydrogens (tertiary/aromatic N) is 1. The molecule has 0 fully saturated rings. The lowest BCUT2D eigenvalue weighted by atomic mass is 10.2. The van der Waals surface area contributed by atoms with Crippen LogP contribution in [0.25, 0.3) is 0 Å². The standard InChI is InChI=1S/C13H9ClN2O/c14-11-6-7-16-12(13(11)15)5-4-9-2-1-3-10(17)8-9/h1-3,6-8,17H,15H2. The molecule has 17 heavy (non-hydrogen) atoms. The maximum atomic E-state index is 9.28. The van der Waals surface area contributed by atoms with Gasteiger partial charge < -0.3 is 10.8 Å². The first-order valence-electron chi connectivity index (χ1n) is 4.88. The molecule has 0 aliphatic rings. The molecule has 0 spiro atoms. The Kier molecular flexibility index (Phi) is 3.17. The predicted molar refractivity (Wildman–Crippen MR) is 67.7 cm³/mol. The number of pyridine rings is 1. The third-order valence-electron chi connectivity index (χ3n) is 2.11. The molecule has 0 unspecified atom stereocenters. The summed E-state index contributed by atoms with van der Waals surface area (Å²) >= 11 is 5.85. The lowest BCUT2D eigenvalue weighted by molar-refractivity contribution is 0.475. The van der Waals surface area contributed by atoms with E-state index < -0.39 is 0 Å². The van der Waals surface area contributed by atoms with Crippen LogP contribution in [0, 0.1) is 11.8 Å². The first-order chi connectivity index (χ1) is 8.16. The number of hydrogen-bond acceptors (Lipinski definition) is 3. The first-order valence-corrected chi connectivity index (χ1v) is 5.25. The molecule has 2 rings (SSSR count). The molecule has 1 heterocycles. The number of halogens is 1. The maximum absolute atomic E-state index is 9.28. The van der Waals surface area contributed by atoms with Crippen LogP contribution in [-0.2, 0) is 0 Å². The first kappa shape index (κ1) is 11.3. The largest absolute Gasteiger partial charge is 0.508 e. The highest BCUT2D eigenvalue weighted by Gasteiger charge is 2.00. The van der Waals surface area contributed by atoms with E-state index in [0.29, 0.717) is 22.0 Å². The number of aromatic nitrogens is 1. The van der Waals surface area contributed by atoms with E-state index in [1.807, 2.05) is 0 Å². The minimum atomic E-state index is 0.170. The van der Waals surface area contributed by atoms with E-state index in [1.165, 1.54) is 0 Å². The SMILES string of the molecule is Nc1c(Cl)ccnc1C#Cc1cccc(O)c1. The van der Waals surface area contributed by atoms with Crippen molar-refractivity contribution in [2.24, 2.45) is 0 Å². The normalized spacial score (nSPS) is 9.47. The Morgan fingerprint density at radius 3 is 2.82 bits per heavy atom. The summed E-state index contributed by atoms with van der Waals surface area (Å²) in [5.41, 5.74) is 7.21. The molecule has 3 N–H and O–H groups in total. The molecule has 0 aliphatic heterocycles. The summed E-state index contributed by atoms with van der Waals surface area (Å²) in [6, 6.07) is 8.25. The fourth-order valence-corrected chi connectivity index (χ4v) is 1.41. The Labute approximate surface area is 104 Å². The van der Waals surface area contributed by atoms with Gasteiger partial charge in [0.15, 0.2) is 0 Å². The highest BCUT2D eigenvalue weighted by molar-refractivity contribution is 6.33. The molecule has 0 saturated carbocycles. The molecule has 3 nitrogen and oxygen atoms in total. The molecule has 84 valence electrons. The van der Waals surface area contributed by atoms with Gasteiger partial charge in [0.05, 0.1) is 10.7 Å². The average Bonchev–Trinajstić information content (AvgIpc) is 2.31. The molecule has 4 heteroatoms. The van der Waals surface area contributed by atoms with E-state index in [1.54, 1.807) is 36.5 Å². The number of nitrogen functional groups attached to an aromatic ring is 1. The highest BCUT2D eigenvalue weighted by atomic mass is 35.5. The van der Waals surface area contributed by atoms with Crippen LogP contribution in [0.5, 0.6) is 5.75 Å². The Morgan fingerprint density at radius 2 is 2.06 bits per heavy atom. The topological polar surface area (TPSA) is 59.1 Å². The van der Waals surface area contributed by atoms with Crippen molar-refractivity contribution in [3.05, 3.63) is 52.8 Å². The second-order valence-electron chi connectivity index (χ2n) is 3.36. The van der Waals surface area contributed by atoms with Gasteiger partial charge >= 0.3 is 0 Å². The summed E-state index contributed by atoms with van der Waals surface area (Å²) in [5.74, 6) is 5.84. The number of rotatable bonds is 0. The van der Waals surface area contributed by atoms with Crippen LogP contribution in [-0.4, -0.2) is 10.1 Å². The van der Waals surface area contributed by atoms with Crippen LogP contribution >= 0.6 is 11.6 Å². The molecule has 0 radical (unpaired) electrons. The van der Waals surface area contributed by atoms with Crippen molar-refractivity contribution in [2.45, 2.75) is 0 Å². The minimum absolute atomic E-state index is 0.170. The Hall–Kier alpha value is -2.18. The number of aromatic hydroxyl groups is 1. The number of phenolic OH excluding ortho intramolecular Hbond substituents is 1. The third-order valence-corrected chi connectivity index (χ3v) is 2.44. The monoisotopic (exact) mass is 244 g/mol. The van der Waals surface area contributed by atoms with Gasteiger partial charge in [0.2, 0.25) is 0 Å². The molecule has 0 amide bonds. The molecular formula is C13H9ClN2O. The molecule has 1 aromatic carbocycles. The lowest BCUT2D eigenvalue weighted by Gasteiger charge is -1.98. The molecule has 0 atom stereocenters. The van der Waals surface area contributed by atoms with Gasteiger partial charge in [-0.3, -0.25) is 0 Å². The predicted octanol–water partition coefficient (Wildman–Crippen LogP) is 2.42. The van der Waals surface area contributed by atoms with Crippen molar-refractivity contribution in [3.8, 4) is 17.6 Å². The van der Waals surface area contributed by atoms with Gasteiger partial charge in [-0.2, -0.15) is 0 Å². The van der Waals surface area contributed by atoms with Gasteiger partial charge in [0.1, 0.15) is 11.4 Å². The summed E-state index contributed by atoms with van der Waals surface area (Å²) in [7, 11) is 0. The zero-order valence-corrected chi connectivity index (χ0v) is 9.57. The fourth-order valence-electron chi connectivity index (χ4n) is 1.26. The number of nitrogens with two attached hydrogens (primary N) is 1. The summed E-state index contributed by atoms with van der Waals surface area (Å²) in [6.45, 7) is 0. The van der Waals surface area contributed by atoms with E-state index in [9.17, 15) is 5.11 Å². The van der Waals surface area contributed by atoms with E-state index in [4.69, 9.17) is 17.3 Å². The highest BCUT2D eigenvalue weighted by Crippen LogP contribution is 2.19. The summed E-state index contributed by atoms with van der Waals surface area (Å²) in [5, 5.41) is 9.71. The average molecular weight is 245 g/mol. The third kappa shape index (κ3) is 2.68. The minimum Gasteiger partial charge on any atom is -0.508 e. The van der Waals surface area contributed by atoms with Crippen molar-refractivity contribution in [2.75, 3.05) is 5.73 Å². The molecule has 2 aromatic rings. The summed E-state index contributed by atoms with van der Waals surface area (Å²) < 4.78 is 0. The fraction of sp³-hybridized carbons (Fsp3) is 0. The van der Waals surface area contributed by atoms with Crippen LogP contribution in [0.4, 0.5) is 5.69 Å². The quantitative estimate of drug-likeness (QED) is 0.700. The van der Waals surface area contributed by atoms with E-state index in [0.717, 1.165) is 0 Å². The van der Waals surface area contributed by atoms with Crippen LogP contribution in [0.3, 0.4) is 0 Å². The second-order valence-corrected chi connectivity index (χ2v) is 3.76. The number of phenols is 1. The van der Waals surface area contributed by atoms with Crippen molar-refractivity contribution < 1.29 is 5.11 Å². The zero-order chi connectivity index (χ0) is 12.3. The molecule has 1 aromatic heterocycles. The Balaban J connectivity index is 2.36. The van der Waals surface area contributed by atoms with Crippen molar-refractivity contribution in [1.82, 2.24) is 4.98 Å². The molecular weight excluding hydrogens is 236 g/mol. The van der Waals surface area contributed by atoms with E-state index in [2.05, 4.69) is 16.8 Å². The molecule has 0 aliphatic carbocycles. The zero-order valence-electron chi connectivity index (χ0n) is 8.81. The van der Waals surface area contributed by atoms with E-state index in [-0.39, 0.29) is 5.75 Å². The smallest absolute Gasteiger partial charge is 0.137 e. The molecule has 0 bridgehead atoms. The number of hydrogen-bond donors (Lipinski definition) is 2. The lowest BCUT2D eigenvalue weighted by Crippen LogP contribution is -1.94. The van der Waals surface area contributed by atoms with Gasteiger partial charge in [-0.05, 0) is 30.2 Å². The summed E-state index contributed by atoms with van der Waals surface area (Å²) in [6.07, 6.45) is 1.55. The maximum Gasteiger partial charge on any atom is 0.137 e. The van der Waals surface area contributed by atoms with Crippen molar-refractivity contribution in [3.63, 3.8) is 0 Å². The van der Waals surface area contributed by atoms with Gasteiger partial charge in [-0.25, -0.2) is 4.98 Å². The van der Waals surface area contributed by atoms with Crippen LogP contribution in [0.1, 0.15) is 11.3 Å². The van der Waals surface area contributed by atoms with E-state index >= 15 is 0 Å². The Bertz CT molecular complexity index is 614. The van der Waals surface area contributed by atoms with Crippen molar-refractivity contribution >= 4 is 17.3 Å². The second kappa shape index (κ2) is 4.77. The van der Waals surface area contributed by atoms with Gasteiger partial charge in [-0.15, -0.1) is 0 Å². The number of anilines is 1. The Morgan fingerprint density at radius 1 is 1.24 bits per heavy atom. The van der Waals surface area contributed by atoms with Gasteiger partial charge in [-0.1, -0.05) is 23.6 Å². The molecule has 0 saturated heterocycles. The van der Waals surface area contributed by atoms with Crippen LogP contribution < -0.4 is 5.73 Å². The van der Waals surface area contributed by atoms with Crippen LogP contribution in [0.15, 0.2) is 36.5 Å². The van der Waals surface area contributed by atoms with Gasteiger partial charge in [0.25, 0.3) is 0 Å². The van der Waals surface area contributed by atoms with Gasteiger partial charge in [0, 0.05) is 11.8 Å². The van der Waals surface area contributed by atoms with Crippen molar-refractivity contribution in [1.29, 1.82) is 0 Å². The number of benzene rings is 1. The summed E-state index contributed by atoms with van der Waals surface area (Å²) in [4.78, 5) is 4.03.